The van der Waals surface area contributed by atoms with Crippen molar-refractivity contribution in [3.8, 4) is 28.5 Å². The number of Topliss-reactive ketones (excluding diaryl/α,β-unsaturated/α-hetero) is 1. The highest BCUT2D eigenvalue weighted by Crippen LogP contribution is 2.41. The first-order valence-electron chi connectivity index (χ1n) is 9.83. The lowest BCUT2D eigenvalue weighted by Gasteiger charge is -2.13. The van der Waals surface area contributed by atoms with Crippen LogP contribution < -0.4 is 14.2 Å². The molecule has 3 aromatic rings. The van der Waals surface area contributed by atoms with Crippen LogP contribution in [0.3, 0.4) is 0 Å². The van der Waals surface area contributed by atoms with Crippen LogP contribution >= 0.6 is 0 Å². The summed E-state index contributed by atoms with van der Waals surface area (Å²) in [7, 11) is 4.71. The molecule has 0 fully saturated rings. The Morgan fingerprint density at radius 3 is 2.23 bits per heavy atom. The number of hydrogen-bond acceptors (Lipinski definition) is 5. The van der Waals surface area contributed by atoms with Crippen LogP contribution in [0.4, 0.5) is 0 Å². The zero-order valence-corrected chi connectivity index (χ0v) is 17.9. The van der Waals surface area contributed by atoms with Gasteiger partial charge in [-0.15, -0.1) is 0 Å². The van der Waals surface area contributed by atoms with Gasteiger partial charge in [0.25, 0.3) is 0 Å². The van der Waals surface area contributed by atoms with Gasteiger partial charge in [0.05, 0.1) is 32.7 Å². The molecule has 30 heavy (non-hydrogen) atoms. The Morgan fingerprint density at radius 1 is 0.967 bits per heavy atom. The number of aromatic nitrogens is 2. The van der Waals surface area contributed by atoms with E-state index in [-0.39, 0.29) is 5.78 Å². The number of benzene rings is 2. The molecule has 1 aromatic heterocycles. The van der Waals surface area contributed by atoms with Crippen molar-refractivity contribution < 1.29 is 19.0 Å². The van der Waals surface area contributed by atoms with E-state index in [9.17, 15) is 4.79 Å². The summed E-state index contributed by atoms with van der Waals surface area (Å²) in [4.78, 5) is 12.6. The highest BCUT2D eigenvalue weighted by molar-refractivity contribution is 6.15. The van der Waals surface area contributed by atoms with Gasteiger partial charge in [0.2, 0.25) is 5.75 Å². The molecule has 0 aliphatic heterocycles. The van der Waals surface area contributed by atoms with Gasteiger partial charge in [0.15, 0.2) is 17.3 Å². The molecule has 1 N–H and O–H groups in total. The second kappa shape index (κ2) is 9.31. The third-order valence-corrected chi connectivity index (χ3v) is 4.82. The topological polar surface area (TPSA) is 73.4 Å². The third kappa shape index (κ3) is 3.94. The maximum Gasteiger partial charge on any atom is 0.203 e. The molecule has 2 aromatic carbocycles. The van der Waals surface area contributed by atoms with E-state index >= 15 is 0 Å². The predicted molar refractivity (Wildman–Crippen MR) is 117 cm³/mol. The van der Waals surface area contributed by atoms with Gasteiger partial charge in [-0.1, -0.05) is 38.1 Å². The number of ketones is 1. The van der Waals surface area contributed by atoms with Crippen molar-refractivity contribution in [3.63, 3.8) is 0 Å². The zero-order chi connectivity index (χ0) is 21.7. The molecular weight excluding hydrogens is 380 g/mol. The molecule has 0 saturated carbocycles. The summed E-state index contributed by atoms with van der Waals surface area (Å²) in [6, 6.07) is 13.3. The Balaban J connectivity index is 0.00000124. The number of H-pyrrole nitrogens is 1. The Morgan fingerprint density at radius 2 is 1.63 bits per heavy atom. The van der Waals surface area contributed by atoms with Crippen molar-refractivity contribution >= 4 is 11.9 Å². The van der Waals surface area contributed by atoms with Crippen LogP contribution in [0.5, 0.6) is 17.2 Å². The van der Waals surface area contributed by atoms with Crippen LogP contribution in [0.1, 0.15) is 35.5 Å². The van der Waals surface area contributed by atoms with E-state index in [1.807, 2.05) is 62.4 Å². The Hall–Kier alpha value is -3.54. The predicted octanol–water partition coefficient (Wildman–Crippen LogP) is 4.95. The Labute approximate surface area is 176 Å². The number of carbonyl (C=O) groups is 1. The van der Waals surface area contributed by atoms with E-state index in [1.165, 1.54) is 0 Å². The van der Waals surface area contributed by atoms with E-state index in [4.69, 9.17) is 14.2 Å². The fraction of sp³-hybridized carbons (Fsp3) is 0.250. The van der Waals surface area contributed by atoms with Crippen molar-refractivity contribution in [2.45, 2.75) is 20.3 Å². The number of nitrogens with one attached hydrogen (secondary N) is 1. The smallest absolute Gasteiger partial charge is 0.203 e. The van der Waals surface area contributed by atoms with E-state index in [0.717, 1.165) is 28.0 Å². The summed E-state index contributed by atoms with van der Waals surface area (Å²) in [6.45, 7) is 4.00. The van der Waals surface area contributed by atoms with Crippen molar-refractivity contribution in [3.05, 3.63) is 64.9 Å². The molecule has 0 amide bonds. The number of fused-ring (bicyclic) bond motifs is 1. The third-order valence-electron chi connectivity index (χ3n) is 4.82. The van der Waals surface area contributed by atoms with Crippen molar-refractivity contribution in [2.24, 2.45) is 0 Å². The van der Waals surface area contributed by atoms with Gasteiger partial charge in [-0.25, -0.2) is 0 Å². The second-order valence-corrected chi connectivity index (χ2v) is 6.46. The lowest BCUT2D eigenvalue weighted by Crippen LogP contribution is -1.95. The minimum Gasteiger partial charge on any atom is -0.493 e. The first-order chi connectivity index (χ1) is 14.6. The van der Waals surface area contributed by atoms with Gasteiger partial charge in [-0.05, 0) is 29.8 Å². The summed E-state index contributed by atoms with van der Waals surface area (Å²) in [5, 5.41) is 7.37. The summed E-state index contributed by atoms with van der Waals surface area (Å²) < 4.78 is 16.2. The standard InChI is InChI=1S/C22H20N2O4.C2H6/c1-26-19-10-14(11-20(27-2)22(19)28-3)18-12-16(23-24-18)9-15-8-13-6-4-5-7-17(13)21(15)25;1-2/h4-7,9-12H,8H2,1-3H3,(H,23,24);1-2H3/b15-9+;. The molecule has 0 saturated heterocycles. The summed E-state index contributed by atoms with van der Waals surface area (Å²) in [6.07, 6.45) is 2.49. The molecule has 0 unspecified atom stereocenters. The highest BCUT2D eigenvalue weighted by Gasteiger charge is 2.24. The number of nitrogens with zero attached hydrogens (tertiary/aromatic N) is 1. The first-order valence-corrected chi connectivity index (χ1v) is 9.83. The number of aromatic amines is 1. The fourth-order valence-electron chi connectivity index (χ4n) is 3.45. The molecule has 156 valence electrons. The van der Waals surface area contributed by atoms with Crippen LogP contribution in [-0.2, 0) is 6.42 Å². The number of hydrogen-bond donors (Lipinski definition) is 1. The first kappa shape index (κ1) is 21.2. The van der Waals surface area contributed by atoms with E-state index in [1.54, 1.807) is 21.3 Å². The zero-order valence-electron chi connectivity index (χ0n) is 17.9. The van der Waals surface area contributed by atoms with Gasteiger partial charge in [-0.3, -0.25) is 9.89 Å². The van der Waals surface area contributed by atoms with Crippen LogP contribution in [0.15, 0.2) is 48.0 Å². The monoisotopic (exact) mass is 406 g/mol. The van der Waals surface area contributed by atoms with E-state index in [0.29, 0.717) is 29.4 Å². The number of carbonyl (C=O) groups excluding carboxylic acids is 1. The van der Waals surface area contributed by atoms with Gasteiger partial charge >= 0.3 is 0 Å². The van der Waals surface area contributed by atoms with Crippen molar-refractivity contribution in [2.75, 3.05) is 21.3 Å². The van der Waals surface area contributed by atoms with Crippen LogP contribution in [-0.4, -0.2) is 37.3 Å². The molecule has 6 heteroatoms. The Bertz CT molecular complexity index is 1060. The normalized spacial score (nSPS) is 13.5. The molecule has 4 rings (SSSR count). The molecule has 1 aliphatic carbocycles. The molecule has 0 radical (unpaired) electrons. The minimum atomic E-state index is 0.0690. The van der Waals surface area contributed by atoms with Gasteiger partial charge in [-0.2, -0.15) is 5.10 Å². The molecule has 6 nitrogen and oxygen atoms in total. The number of methoxy groups -OCH3 is 3. The van der Waals surface area contributed by atoms with Crippen LogP contribution in [0, 0.1) is 0 Å². The lowest BCUT2D eigenvalue weighted by atomic mass is 10.1. The van der Waals surface area contributed by atoms with Crippen molar-refractivity contribution in [1.82, 2.24) is 10.2 Å². The molecule has 1 heterocycles. The quantitative estimate of drug-likeness (QED) is 0.607. The maximum atomic E-state index is 12.6. The molecule has 0 atom stereocenters. The molecule has 1 aliphatic rings. The van der Waals surface area contributed by atoms with Crippen molar-refractivity contribution in [1.29, 1.82) is 0 Å². The fourth-order valence-corrected chi connectivity index (χ4v) is 3.45. The van der Waals surface area contributed by atoms with E-state index in [2.05, 4.69) is 10.2 Å². The Kier molecular flexibility index (Phi) is 6.57. The highest BCUT2D eigenvalue weighted by atomic mass is 16.5. The van der Waals surface area contributed by atoms with E-state index < -0.39 is 0 Å². The average molecular weight is 406 g/mol. The number of allylic oxidation sites excluding steroid dienone is 1. The largest absolute Gasteiger partial charge is 0.493 e. The van der Waals surface area contributed by atoms with Crippen LogP contribution in [0.25, 0.3) is 17.3 Å². The SMILES string of the molecule is CC.COc1cc(-c2cc(/C=C3\Cc4ccccc4C3=O)[nH]n2)cc(OC)c1OC. The maximum absolute atomic E-state index is 12.6. The van der Waals surface area contributed by atoms with Gasteiger partial charge in [0, 0.05) is 23.1 Å². The molecule has 0 spiro atoms. The number of rotatable bonds is 5. The van der Waals surface area contributed by atoms with Crippen LogP contribution in [0.2, 0.25) is 0 Å². The van der Waals surface area contributed by atoms with Gasteiger partial charge < -0.3 is 14.2 Å². The average Bonchev–Trinajstić information content (AvgIpc) is 3.39. The summed E-state index contributed by atoms with van der Waals surface area (Å²) in [5.74, 6) is 1.71. The number of ether oxygens (including phenoxy) is 3. The summed E-state index contributed by atoms with van der Waals surface area (Å²) >= 11 is 0. The second-order valence-electron chi connectivity index (χ2n) is 6.46. The summed E-state index contributed by atoms with van der Waals surface area (Å²) in [5.41, 5.74) is 4.88. The molecule has 0 bridgehead atoms. The van der Waals surface area contributed by atoms with Gasteiger partial charge in [0.1, 0.15) is 0 Å². The minimum absolute atomic E-state index is 0.0690. The molecular formula is C24H26N2O4. The lowest BCUT2D eigenvalue weighted by molar-refractivity contribution is 0.104.